The van der Waals surface area contributed by atoms with Crippen LogP contribution in [-0.2, 0) is 19.3 Å². The standard InChI is InChI=1S/C15H29NO4S/c1-19-8-5-16-11-15(10-13-2-6-20-7-3-13)14-4-9-21(17,18)12-14/h13-16H,2-12H2,1H3. The zero-order chi connectivity index (χ0) is 15.1. The highest BCUT2D eigenvalue weighted by atomic mass is 32.2. The van der Waals surface area contributed by atoms with E-state index in [1.807, 2.05) is 0 Å². The third kappa shape index (κ3) is 5.85. The minimum atomic E-state index is -2.79. The topological polar surface area (TPSA) is 64.6 Å². The van der Waals surface area contributed by atoms with Crippen LogP contribution in [0.3, 0.4) is 0 Å². The summed E-state index contributed by atoms with van der Waals surface area (Å²) in [5, 5.41) is 3.43. The minimum absolute atomic E-state index is 0.327. The Labute approximate surface area is 128 Å². The van der Waals surface area contributed by atoms with Gasteiger partial charge in [0, 0.05) is 26.9 Å². The molecule has 124 valence electrons. The van der Waals surface area contributed by atoms with Crippen LogP contribution in [0.25, 0.3) is 0 Å². The molecule has 2 fully saturated rings. The molecule has 6 heteroatoms. The van der Waals surface area contributed by atoms with Crippen LogP contribution in [0.1, 0.15) is 25.7 Å². The van der Waals surface area contributed by atoms with Crippen LogP contribution in [-0.4, -0.2) is 59.9 Å². The molecule has 0 aromatic rings. The summed E-state index contributed by atoms with van der Waals surface area (Å²) in [7, 11) is -1.09. The van der Waals surface area contributed by atoms with E-state index < -0.39 is 9.84 Å². The van der Waals surface area contributed by atoms with Gasteiger partial charge >= 0.3 is 0 Å². The van der Waals surface area contributed by atoms with Gasteiger partial charge in [0.15, 0.2) is 9.84 Å². The molecule has 21 heavy (non-hydrogen) atoms. The van der Waals surface area contributed by atoms with Crippen molar-refractivity contribution in [1.82, 2.24) is 5.32 Å². The Balaban J connectivity index is 1.86. The minimum Gasteiger partial charge on any atom is -0.383 e. The van der Waals surface area contributed by atoms with E-state index in [0.29, 0.717) is 35.9 Å². The second-order valence-electron chi connectivity index (χ2n) is 6.41. The van der Waals surface area contributed by atoms with Crippen LogP contribution in [0.5, 0.6) is 0 Å². The fourth-order valence-electron chi connectivity index (χ4n) is 3.51. The molecule has 2 heterocycles. The highest BCUT2D eigenvalue weighted by molar-refractivity contribution is 7.91. The molecular formula is C15H29NO4S. The molecule has 0 radical (unpaired) electrons. The Hall–Kier alpha value is -0.170. The average molecular weight is 319 g/mol. The SMILES string of the molecule is COCCNCC(CC1CCOCC1)C1CCS(=O)(=O)C1. The van der Waals surface area contributed by atoms with Gasteiger partial charge in [-0.25, -0.2) is 8.42 Å². The lowest BCUT2D eigenvalue weighted by Crippen LogP contribution is -2.33. The van der Waals surface area contributed by atoms with Gasteiger partial charge in [0.2, 0.25) is 0 Å². The maximum absolute atomic E-state index is 11.8. The van der Waals surface area contributed by atoms with Crippen molar-refractivity contribution in [3.63, 3.8) is 0 Å². The molecule has 0 bridgehead atoms. The van der Waals surface area contributed by atoms with Gasteiger partial charge in [-0.05, 0) is 50.0 Å². The average Bonchev–Trinajstić information content (AvgIpc) is 2.83. The van der Waals surface area contributed by atoms with E-state index in [1.54, 1.807) is 7.11 Å². The van der Waals surface area contributed by atoms with Crippen molar-refractivity contribution < 1.29 is 17.9 Å². The number of methoxy groups -OCH3 is 1. The summed E-state index contributed by atoms with van der Waals surface area (Å²) < 4.78 is 34.0. The highest BCUT2D eigenvalue weighted by Gasteiger charge is 2.34. The molecular weight excluding hydrogens is 290 g/mol. The van der Waals surface area contributed by atoms with Crippen molar-refractivity contribution in [2.75, 3.05) is 51.5 Å². The monoisotopic (exact) mass is 319 g/mol. The van der Waals surface area contributed by atoms with E-state index in [4.69, 9.17) is 9.47 Å². The zero-order valence-corrected chi connectivity index (χ0v) is 13.9. The van der Waals surface area contributed by atoms with Crippen molar-refractivity contribution in [3.8, 4) is 0 Å². The molecule has 0 aromatic carbocycles. The number of sulfone groups is 1. The van der Waals surface area contributed by atoms with Crippen LogP contribution < -0.4 is 5.32 Å². The second kappa shape index (κ2) is 8.46. The third-order valence-corrected chi connectivity index (χ3v) is 6.59. The quantitative estimate of drug-likeness (QED) is 0.679. The van der Waals surface area contributed by atoms with Gasteiger partial charge in [0.1, 0.15) is 0 Å². The van der Waals surface area contributed by atoms with E-state index in [0.717, 1.165) is 52.0 Å². The van der Waals surface area contributed by atoms with Gasteiger partial charge in [-0.2, -0.15) is 0 Å². The number of ether oxygens (including phenoxy) is 2. The first-order valence-electron chi connectivity index (χ1n) is 8.08. The number of hydrogen-bond acceptors (Lipinski definition) is 5. The van der Waals surface area contributed by atoms with Crippen molar-refractivity contribution >= 4 is 9.84 Å². The molecule has 0 aliphatic carbocycles. The predicted octanol–water partition coefficient (Wildman–Crippen LogP) is 1.09. The van der Waals surface area contributed by atoms with Crippen LogP contribution in [0, 0.1) is 17.8 Å². The Bertz CT molecular complexity index is 392. The maximum atomic E-state index is 11.8. The fraction of sp³-hybridized carbons (Fsp3) is 1.00. The molecule has 1 N–H and O–H groups in total. The molecule has 0 amide bonds. The lowest BCUT2D eigenvalue weighted by molar-refractivity contribution is 0.0552. The van der Waals surface area contributed by atoms with Gasteiger partial charge in [-0.15, -0.1) is 0 Å². The Kier molecular flexibility index (Phi) is 6.92. The number of nitrogens with one attached hydrogen (secondary N) is 1. The van der Waals surface area contributed by atoms with Crippen molar-refractivity contribution in [3.05, 3.63) is 0 Å². The van der Waals surface area contributed by atoms with Gasteiger partial charge in [-0.1, -0.05) is 0 Å². The predicted molar refractivity (Wildman–Crippen MR) is 83.2 cm³/mol. The lowest BCUT2D eigenvalue weighted by Gasteiger charge is -2.30. The normalized spacial score (nSPS) is 27.8. The van der Waals surface area contributed by atoms with Crippen LogP contribution >= 0.6 is 0 Å². The first-order valence-corrected chi connectivity index (χ1v) is 9.90. The molecule has 2 aliphatic rings. The molecule has 5 nitrogen and oxygen atoms in total. The van der Waals surface area contributed by atoms with Crippen molar-refractivity contribution in [2.24, 2.45) is 17.8 Å². The molecule has 2 unspecified atom stereocenters. The van der Waals surface area contributed by atoms with E-state index in [2.05, 4.69) is 5.32 Å². The first kappa shape index (κ1) is 17.2. The molecule has 0 saturated carbocycles. The Morgan fingerprint density at radius 2 is 2.05 bits per heavy atom. The fourth-order valence-corrected chi connectivity index (χ4v) is 5.43. The van der Waals surface area contributed by atoms with E-state index in [1.165, 1.54) is 0 Å². The maximum Gasteiger partial charge on any atom is 0.150 e. The van der Waals surface area contributed by atoms with E-state index in [9.17, 15) is 8.42 Å². The van der Waals surface area contributed by atoms with Crippen LogP contribution in [0.2, 0.25) is 0 Å². The summed E-state index contributed by atoms with van der Waals surface area (Å²) in [5.41, 5.74) is 0. The van der Waals surface area contributed by atoms with Crippen LogP contribution in [0.4, 0.5) is 0 Å². The largest absolute Gasteiger partial charge is 0.383 e. The molecule has 2 rings (SSSR count). The summed E-state index contributed by atoms with van der Waals surface area (Å²) in [6.45, 7) is 4.16. The van der Waals surface area contributed by atoms with Crippen LogP contribution in [0.15, 0.2) is 0 Å². The molecule has 0 spiro atoms. The van der Waals surface area contributed by atoms with Crippen molar-refractivity contribution in [2.45, 2.75) is 25.7 Å². The molecule has 0 aromatic heterocycles. The zero-order valence-electron chi connectivity index (χ0n) is 13.1. The summed E-state index contributed by atoms with van der Waals surface area (Å²) in [4.78, 5) is 0. The summed E-state index contributed by atoms with van der Waals surface area (Å²) >= 11 is 0. The summed E-state index contributed by atoms with van der Waals surface area (Å²) in [6.07, 6.45) is 4.20. The first-order chi connectivity index (χ1) is 10.1. The van der Waals surface area contributed by atoms with Crippen molar-refractivity contribution in [1.29, 1.82) is 0 Å². The molecule has 2 aliphatic heterocycles. The number of hydrogen-bond donors (Lipinski definition) is 1. The lowest BCUT2D eigenvalue weighted by atomic mass is 9.81. The highest BCUT2D eigenvalue weighted by Crippen LogP contribution is 2.32. The second-order valence-corrected chi connectivity index (χ2v) is 8.64. The van der Waals surface area contributed by atoms with Gasteiger partial charge in [-0.3, -0.25) is 0 Å². The van der Waals surface area contributed by atoms with E-state index in [-0.39, 0.29) is 0 Å². The summed E-state index contributed by atoms with van der Waals surface area (Å²) in [5.74, 6) is 2.23. The van der Waals surface area contributed by atoms with Gasteiger partial charge in [0.05, 0.1) is 18.1 Å². The smallest absolute Gasteiger partial charge is 0.150 e. The van der Waals surface area contributed by atoms with E-state index >= 15 is 0 Å². The number of rotatable bonds is 8. The molecule has 2 atom stereocenters. The Morgan fingerprint density at radius 1 is 1.29 bits per heavy atom. The van der Waals surface area contributed by atoms with Gasteiger partial charge in [0.25, 0.3) is 0 Å². The van der Waals surface area contributed by atoms with Gasteiger partial charge < -0.3 is 14.8 Å². The summed E-state index contributed by atoms with van der Waals surface area (Å²) in [6, 6.07) is 0. The third-order valence-electron chi connectivity index (χ3n) is 4.80. The molecule has 2 saturated heterocycles. The Morgan fingerprint density at radius 3 is 2.67 bits per heavy atom.